The Hall–Kier alpha value is -6.70. The smallest absolute Gasteiger partial charge is 0.0544 e. The molecule has 0 atom stereocenters. The van der Waals surface area contributed by atoms with Crippen LogP contribution in [0.25, 0.3) is 114 Å². The van der Waals surface area contributed by atoms with Gasteiger partial charge in [-0.15, -0.1) is 0 Å². The Morgan fingerprint density at radius 2 is 0.772 bits per heavy atom. The molecule has 0 unspecified atom stereocenters. The quantitative estimate of drug-likeness (QED) is 0.159. The van der Waals surface area contributed by atoms with E-state index in [1.165, 1.54) is 137 Å². The Morgan fingerprint density at radius 1 is 0.316 bits per heavy atom. The molecule has 1 aromatic heterocycles. The van der Waals surface area contributed by atoms with Gasteiger partial charge in [-0.2, -0.15) is 0 Å². The number of aromatic nitrogens is 1. The van der Waals surface area contributed by atoms with Gasteiger partial charge in [0.2, 0.25) is 0 Å². The fraction of sp³-hybridized carbons (Fsp3) is 0.107. The molecule has 1 nitrogen and oxygen atoms in total. The zero-order chi connectivity index (χ0) is 37.7. The third-order valence-corrected chi connectivity index (χ3v) is 14.7. The van der Waals surface area contributed by atoms with Gasteiger partial charge in [0.25, 0.3) is 0 Å². The van der Waals surface area contributed by atoms with Crippen molar-refractivity contribution in [2.45, 2.75) is 38.5 Å². The first-order valence-corrected chi connectivity index (χ1v) is 20.4. The summed E-state index contributed by atoms with van der Waals surface area (Å²) in [4.78, 5) is 0. The van der Waals surface area contributed by atoms with Gasteiger partial charge in [-0.3, -0.25) is 0 Å². The zero-order valence-corrected chi connectivity index (χ0v) is 32.4. The molecule has 0 radical (unpaired) electrons. The highest BCUT2D eigenvalue weighted by molar-refractivity contribution is 6.38. The van der Waals surface area contributed by atoms with Gasteiger partial charge in [0.15, 0.2) is 0 Å². The Bertz CT molecular complexity index is 3590. The van der Waals surface area contributed by atoms with Gasteiger partial charge in [0, 0.05) is 27.0 Å². The Morgan fingerprint density at radius 3 is 1.32 bits per heavy atom. The van der Waals surface area contributed by atoms with E-state index in [0.717, 1.165) is 0 Å². The summed E-state index contributed by atoms with van der Waals surface area (Å²) in [7, 11) is 0. The Balaban J connectivity index is 1.12. The van der Waals surface area contributed by atoms with Crippen LogP contribution in [0.2, 0.25) is 0 Å². The summed E-state index contributed by atoms with van der Waals surface area (Å²) in [6.45, 7) is 9.60. The highest BCUT2D eigenvalue weighted by Crippen LogP contribution is 2.55. The molecule has 0 saturated carbocycles. The van der Waals surface area contributed by atoms with Crippen molar-refractivity contribution in [1.29, 1.82) is 0 Å². The van der Waals surface area contributed by atoms with E-state index in [9.17, 15) is 0 Å². The maximum atomic E-state index is 2.62. The molecule has 0 amide bonds. The first kappa shape index (κ1) is 30.5. The van der Waals surface area contributed by atoms with Crippen LogP contribution in [-0.4, -0.2) is 4.57 Å². The maximum Gasteiger partial charge on any atom is 0.0544 e. The zero-order valence-electron chi connectivity index (χ0n) is 32.4. The lowest BCUT2D eigenvalue weighted by Gasteiger charge is -2.22. The van der Waals surface area contributed by atoms with E-state index in [4.69, 9.17) is 0 Å². The molecule has 0 saturated heterocycles. The standard InChI is InChI=1S/C56H37N/c1-55(2)46-20-7-5-14-31(46)42-26-44-45-27-43-32-15-6-8-21-47(32)56(3,4)49(43)29-52(45)57(51(44)28-48(42)55)50-23-22-36-41-25-39-34-17-10-13-30-12-9-16-33(53(30)34)38(39)24-40(41)35-18-11-19-37(50)54(35)36/h5-29H,1-4H3. The predicted molar refractivity (Wildman–Crippen MR) is 243 cm³/mol. The fourth-order valence-corrected chi connectivity index (χ4v) is 12.0. The average Bonchev–Trinajstić information content (AvgIpc) is 3.96. The summed E-state index contributed by atoms with van der Waals surface area (Å²) in [5.74, 6) is 0. The van der Waals surface area contributed by atoms with E-state index in [1.54, 1.807) is 0 Å². The largest absolute Gasteiger partial charge is 0.309 e. The van der Waals surface area contributed by atoms with Gasteiger partial charge < -0.3 is 4.57 Å². The van der Waals surface area contributed by atoms with E-state index in [1.807, 2.05) is 0 Å². The molecule has 2 aliphatic carbocycles. The van der Waals surface area contributed by atoms with E-state index in [2.05, 4.69) is 184 Å². The first-order chi connectivity index (χ1) is 27.8. The minimum absolute atomic E-state index is 0.100. The number of hydrogen-bond acceptors (Lipinski definition) is 0. The number of rotatable bonds is 1. The van der Waals surface area contributed by atoms with Gasteiger partial charge in [0.1, 0.15) is 0 Å². The van der Waals surface area contributed by atoms with Crippen molar-refractivity contribution in [3.05, 3.63) is 174 Å². The number of fused-ring (bicyclic) bond motifs is 15. The van der Waals surface area contributed by atoms with Gasteiger partial charge in [-0.1, -0.05) is 137 Å². The topological polar surface area (TPSA) is 4.93 Å². The average molecular weight is 724 g/mol. The van der Waals surface area contributed by atoms with Gasteiger partial charge in [-0.05, 0) is 146 Å². The summed E-state index contributed by atoms with van der Waals surface area (Å²) in [6, 6.07) is 58.5. The molecule has 266 valence electrons. The molecule has 1 heterocycles. The van der Waals surface area contributed by atoms with E-state index in [-0.39, 0.29) is 10.8 Å². The summed E-state index contributed by atoms with van der Waals surface area (Å²) < 4.78 is 2.62. The molecule has 0 fully saturated rings. The molecule has 0 N–H and O–H groups in total. The van der Waals surface area contributed by atoms with E-state index >= 15 is 0 Å². The van der Waals surface area contributed by atoms with E-state index < -0.39 is 0 Å². The second kappa shape index (κ2) is 9.81. The molecule has 0 spiro atoms. The van der Waals surface area contributed by atoms with Crippen molar-refractivity contribution >= 4 is 86.4 Å². The summed E-state index contributed by atoms with van der Waals surface area (Å²) in [6.07, 6.45) is 0. The van der Waals surface area contributed by atoms with Crippen molar-refractivity contribution in [3.8, 4) is 27.9 Å². The Labute approximate surface area is 330 Å². The fourth-order valence-electron chi connectivity index (χ4n) is 12.0. The highest BCUT2D eigenvalue weighted by atomic mass is 15.0. The van der Waals surface area contributed by atoms with Crippen LogP contribution in [0.5, 0.6) is 0 Å². The minimum Gasteiger partial charge on any atom is -0.309 e. The third-order valence-electron chi connectivity index (χ3n) is 14.7. The maximum absolute atomic E-state index is 2.62. The summed E-state index contributed by atoms with van der Waals surface area (Å²) >= 11 is 0. The van der Waals surface area contributed by atoms with Crippen LogP contribution >= 0.6 is 0 Å². The lowest BCUT2D eigenvalue weighted by atomic mass is 9.82. The SMILES string of the molecule is CC1(C)c2ccccc2-c2cc3c4cc5c(cc4n(-c4ccc6c7cc8c(cc7c7cccc4c76)c4cccc6cccc8c64)c3cc21)C(C)(C)c1ccccc1-5. The van der Waals surface area contributed by atoms with Crippen molar-refractivity contribution in [1.82, 2.24) is 4.57 Å². The van der Waals surface area contributed by atoms with Crippen molar-refractivity contribution in [2.24, 2.45) is 0 Å². The molecule has 0 bridgehead atoms. The van der Waals surface area contributed by atoms with Gasteiger partial charge >= 0.3 is 0 Å². The monoisotopic (exact) mass is 723 g/mol. The molecule has 11 aromatic carbocycles. The number of hydrogen-bond donors (Lipinski definition) is 0. The van der Waals surface area contributed by atoms with Gasteiger partial charge in [0.05, 0.1) is 16.7 Å². The minimum atomic E-state index is -0.100. The van der Waals surface area contributed by atoms with Crippen LogP contribution in [0.1, 0.15) is 49.9 Å². The summed E-state index contributed by atoms with van der Waals surface area (Å²) in [5, 5.41) is 18.7. The lowest BCUT2D eigenvalue weighted by molar-refractivity contribution is 0.661. The van der Waals surface area contributed by atoms with Gasteiger partial charge in [-0.25, -0.2) is 0 Å². The molecule has 14 rings (SSSR count). The van der Waals surface area contributed by atoms with Crippen LogP contribution in [0.3, 0.4) is 0 Å². The molecule has 1 heteroatoms. The number of benzene rings is 9. The summed E-state index contributed by atoms with van der Waals surface area (Å²) in [5.41, 5.74) is 14.7. The van der Waals surface area contributed by atoms with Crippen LogP contribution < -0.4 is 0 Å². The number of nitrogens with zero attached hydrogens (tertiary/aromatic N) is 1. The van der Waals surface area contributed by atoms with Crippen LogP contribution in [0.4, 0.5) is 0 Å². The molecule has 12 aromatic rings. The third kappa shape index (κ3) is 3.47. The molecule has 2 aliphatic rings. The van der Waals surface area contributed by atoms with E-state index in [0.29, 0.717) is 0 Å². The Kier molecular flexibility index (Phi) is 5.25. The van der Waals surface area contributed by atoms with Crippen LogP contribution in [0, 0.1) is 0 Å². The molecule has 57 heavy (non-hydrogen) atoms. The molecular weight excluding hydrogens is 687 g/mol. The van der Waals surface area contributed by atoms with Crippen molar-refractivity contribution in [2.75, 3.05) is 0 Å². The van der Waals surface area contributed by atoms with Crippen molar-refractivity contribution < 1.29 is 0 Å². The van der Waals surface area contributed by atoms with Crippen LogP contribution in [0.15, 0.2) is 152 Å². The van der Waals surface area contributed by atoms with Crippen molar-refractivity contribution in [3.63, 3.8) is 0 Å². The highest BCUT2D eigenvalue weighted by Gasteiger charge is 2.38. The first-order valence-electron chi connectivity index (χ1n) is 20.4. The second-order valence-electron chi connectivity index (χ2n) is 18.0. The predicted octanol–water partition coefficient (Wildman–Crippen LogP) is 15.2. The second-order valence-corrected chi connectivity index (χ2v) is 18.0. The lowest BCUT2D eigenvalue weighted by Crippen LogP contribution is -2.15. The molecular formula is C56H37N. The molecule has 0 aliphatic heterocycles. The van der Waals surface area contributed by atoms with Crippen LogP contribution in [-0.2, 0) is 10.8 Å². The normalized spacial score (nSPS) is 15.3.